The van der Waals surface area contributed by atoms with Crippen molar-refractivity contribution in [1.29, 1.82) is 0 Å². The molecule has 1 aromatic carbocycles. The molecule has 0 saturated carbocycles. The molecule has 1 heterocycles. The van der Waals surface area contributed by atoms with E-state index in [2.05, 4.69) is 10.1 Å². The lowest BCUT2D eigenvalue weighted by Gasteiger charge is -2.13. The number of ether oxygens (including phenoxy) is 1. The number of carbonyl (C=O) groups is 1. The van der Waals surface area contributed by atoms with Gasteiger partial charge in [-0.25, -0.2) is 4.79 Å². The van der Waals surface area contributed by atoms with Crippen molar-refractivity contribution in [2.24, 2.45) is 0 Å². The summed E-state index contributed by atoms with van der Waals surface area (Å²) in [4.78, 5) is 11.4. The molecule has 0 aliphatic rings. The zero-order valence-electron chi connectivity index (χ0n) is 11.6. The number of hydrogen-bond donors (Lipinski definition) is 3. The second-order valence-electron chi connectivity index (χ2n) is 4.42. The molecule has 1 unspecified atom stereocenters. The van der Waals surface area contributed by atoms with Gasteiger partial charge in [0.15, 0.2) is 0 Å². The zero-order chi connectivity index (χ0) is 15.2. The fourth-order valence-corrected chi connectivity index (χ4v) is 1.84. The summed E-state index contributed by atoms with van der Waals surface area (Å²) in [5.74, 6) is 0.0945. The zero-order valence-corrected chi connectivity index (χ0v) is 11.6. The van der Waals surface area contributed by atoms with Crippen molar-refractivity contribution in [2.45, 2.75) is 6.10 Å². The van der Waals surface area contributed by atoms with Crippen LogP contribution in [0.25, 0.3) is 11.3 Å². The average molecular weight is 291 g/mol. The van der Waals surface area contributed by atoms with Gasteiger partial charge in [0.1, 0.15) is 5.76 Å². The molecular formula is C15H17NO5. The number of furan rings is 1. The highest BCUT2D eigenvalue weighted by Gasteiger charge is 2.14. The van der Waals surface area contributed by atoms with Crippen LogP contribution in [-0.2, 0) is 4.74 Å². The quantitative estimate of drug-likeness (QED) is 0.699. The van der Waals surface area contributed by atoms with Crippen molar-refractivity contribution in [3.63, 3.8) is 0 Å². The molecular weight excluding hydrogens is 274 g/mol. The van der Waals surface area contributed by atoms with Crippen molar-refractivity contribution in [2.75, 3.05) is 25.6 Å². The second kappa shape index (κ2) is 6.92. The van der Waals surface area contributed by atoms with E-state index in [1.807, 2.05) is 24.3 Å². The number of para-hydroxylation sites is 1. The normalized spacial score (nSPS) is 12.0. The molecule has 0 spiro atoms. The highest BCUT2D eigenvalue weighted by Crippen LogP contribution is 2.29. The van der Waals surface area contributed by atoms with Crippen LogP contribution in [0, 0.1) is 0 Å². The minimum absolute atomic E-state index is 0.123. The summed E-state index contributed by atoms with van der Waals surface area (Å²) in [7, 11) is 1.29. The predicted octanol–water partition coefficient (Wildman–Crippen LogP) is 1.50. The van der Waals surface area contributed by atoms with Gasteiger partial charge < -0.3 is 24.7 Å². The lowest BCUT2D eigenvalue weighted by atomic mass is 10.1. The molecule has 2 rings (SSSR count). The first kappa shape index (κ1) is 15.1. The number of methoxy groups -OCH3 is 1. The predicted molar refractivity (Wildman–Crippen MR) is 77.1 cm³/mol. The van der Waals surface area contributed by atoms with Gasteiger partial charge in [0.2, 0.25) is 5.76 Å². The van der Waals surface area contributed by atoms with E-state index in [-0.39, 0.29) is 18.9 Å². The Morgan fingerprint density at radius 1 is 1.33 bits per heavy atom. The number of benzene rings is 1. The third kappa shape index (κ3) is 3.62. The minimum atomic E-state index is -0.847. The van der Waals surface area contributed by atoms with Gasteiger partial charge in [0, 0.05) is 17.8 Å². The Labute approximate surface area is 122 Å². The highest BCUT2D eigenvalue weighted by molar-refractivity contribution is 5.87. The summed E-state index contributed by atoms with van der Waals surface area (Å²) in [6.45, 7) is -0.111. The number of carbonyl (C=O) groups excluding carboxylic acids is 1. The van der Waals surface area contributed by atoms with E-state index >= 15 is 0 Å². The molecule has 0 amide bonds. The van der Waals surface area contributed by atoms with Crippen molar-refractivity contribution in [3.8, 4) is 11.3 Å². The molecule has 1 atom stereocenters. The molecule has 1 aromatic heterocycles. The van der Waals surface area contributed by atoms with E-state index < -0.39 is 12.1 Å². The number of aliphatic hydroxyl groups is 2. The highest BCUT2D eigenvalue weighted by atomic mass is 16.5. The number of aliphatic hydroxyl groups excluding tert-OH is 2. The first-order valence-corrected chi connectivity index (χ1v) is 6.46. The van der Waals surface area contributed by atoms with Crippen LogP contribution in [-0.4, -0.2) is 42.5 Å². The summed E-state index contributed by atoms with van der Waals surface area (Å²) in [5, 5.41) is 21.3. The van der Waals surface area contributed by atoms with Crippen LogP contribution in [0.3, 0.4) is 0 Å². The van der Waals surface area contributed by atoms with E-state index in [0.29, 0.717) is 5.76 Å². The average Bonchev–Trinajstić information content (AvgIpc) is 3.01. The molecule has 0 fully saturated rings. The topological polar surface area (TPSA) is 91.9 Å². The van der Waals surface area contributed by atoms with Crippen LogP contribution in [0.4, 0.5) is 5.69 Å². The summed E-state index contributed by atoms with van der Waals surface area (Å²) in [6.07, 6.45) is -0.847. The molecule has 0 aliphatic heterocycles. The Morgan fingerprint density at radius 2 is 2.10 bits per heavy atom. The Morgan fingerprint density at radius 3 is 2.81 bits per heavy atom. The number of nitrogens with one attached hydrogen (secondary N) is 1. The largest absolute Gasteiger partial charge is 0.463 e. The van der Waals surface area contributed by atoms with Crippen LogP contribution < -0.4 is 5.32 Å². The number of anilines is 1. The molecule has 0 radical (unpaired) electrons. The van der Waals surface area contributed by atoms with Crippen LogP contribution in [0.15, 0.2) is 40.8 Å². The van der Waals surface area contributed by atoms with Crippen molar-refractivity contribution >= 4 is 11.7 Å². The maximum absolute atomic E-state index is 11.4. The maximum Gasteiger partial charge on any atom is 0.373 e. The smallest absolute Gasteiger partial charge is 0.373 e. The van der Waals surface area contributed by atoms with Crippen LogP contribution in [0.2, 0.25) is 0 Å². The standard InChI is InChI=1S/C15H17NO5/c1-20-15(19)14-7-6-13(21-14)11-4-2-3-5-12(11)16-8-10(18)9-17/h2-7,10,16-18H,8-9H2,1H3. The van der Waals surface area contributed by atoms with E-state index in [1.165, 1.54) is 7.11 Å². The van der Waals surface area contributed by atoms with Crippen molar-refractivity contribution < 1.29 is 24.2 Å². The van der Waals surface area contributed by atoms with Gasteiger partial charge in [0.25, 0.3) is 0 Å². The molecule has 2 aromatic rings. The minimum Gasteiger partial charge on any atom is -0.463 e. The van der Waals surface area contributed by atoms with Crippen molar-refractivity contribution in [3.05, 3.63) is 42.2 Å². The third-order valence-electron chi connectivity index (χ3n) is 2.92. The monoisotopic (exact) mass is 291 g/mol. The first-order chi connectivity index (χ1) is 10.2. The molecule has 6 heteroatoms. The Hall–Kier alpha value is -2.31. The van der Waals surface area contributed by atoms with Gasteiger partial charge >= 0.3 is 5.97 Å². The van der Waals surface area contributed by atoms with Gasteiger partial charge in [-0.1, -0.05) is 12.1 Å². The molecule has 6 nitrogen and oxygen atoms in total. The molecule has 0 aliphatic carbocycles. The Balaban J connectivity index is 2.23. The van der Waals surface area contributed by atoms with E-state index in [9.17, 15) is 9.90 Å². The summed E-state index contributed by atoms with van der Waals surface area (Å²) in [5.41, 5.74) is 1.48. The maximum atomic E-state index is 11.4. The van der Waals surface area contributed by atoms with Gasteiger partial charge in [0.05, 0.1) is 19.8 Å². The van der Waals surface area contributed by atoms with E-state index in [4.69, 9.17) is 9.52 Å². The molecule has 0 bridgehead atoms. The van der Waals surface area contributed by atoms with Crippen molar-refractivity contribution in [1.82, 2.24) is 0 Å². The van der Waals surface area contributed by atoms with Gasteiger partial charge in [-0.15, -0.1) is 0 Å². The summed E-state index contributed by atoms with van der Waals surface area (Å²) < 4.78 is 10.1. The van der Waals surface area contributed by atoms with Crippen LogP contribution >= 0.6 is 0 Å². The molecule has 21 heavy (non-hydrogen) atoms. The van der Waals surface area contributed by atoms with Crippen LogP contribution in [0.5, 0.6) is 0 Å². The number of hydrogen-bond acceptors (Lipinski definition) is 6. The first-order valence-electron chi connectivity index (χ1n) is 6.46. The fraction of sp³-hybridized carbons (Fsp3) is 0.267. The van der Waals surface area contributed by atoms with Crippen LogP contribution in [0.1, 0.15) is 10.6 Å². The molecule has 112 valence electrons. The molecule has 3 N–H and O–H groups in total. The second-order valence-corrected chi connectivity index (χ2v) is 4.42. The van der Waals surface area contributed by atoms with Gasteiger partial charge in [-0.2, -0.15) is 0 Å². The Bertz CT molecular complexity index is 608. The van der Waals surface area contributed by atoms with Gasteiger partial charge in [-0.05, 0) is 24.3 Å². The van der Waals surface area contributed by atoms with Gasteiger partial charge in [-0.3, -0.25) is 0 Å². The SMILES string of the molecule is COC(=O)c1ccc(-c2ccccc2NCC(O)CO)o1. The Kier molecular flexibility index (Phi) is 4.97. The van der Waals surface area contributed by atoms with E-state index in [0.717, 1.165) is 11.3 Å². The van der Waals surface area contributed by atoms with E-state index in [1.54, 1.807) is 12.1 Å². The molecule has 0 saturated heterocycles. The summed E-state index contributed by atoms with van der Waals surface area (Å²) >= 11 is 0. The lowest BCUT2D eigenvalue weighted by Crippen LogP contribution is -2.23. The number of esters is 1. The summed E-state index contributed by atoms with van der Waals surface area (Å²) in [6, 6.07) is 10.5. The third-order valence-corrected chi connectivity index (χ3v) is 2.92. The fourth-order valence-electron chi connectivity index (χ4n) is 1.84. The number of rotatable bonds is 6. The lowest BCUT2D eigenvalue weighted by molar-refractivity contribution is 0.0566.